The van der Waals surface area contributed by atoms with E-state index in [-0.39, 0.29) is 5.92 Å². The Bertz CT molecular complexity index is 1000. The molecule has 1 aromatic heterocycles. The van der Waals surface area contributed by atoms with Crippen LogP contribution in [-0.2, 0) is 14.1 Å². The molecular weight excluding hydrogens is 383 g/mol. The number of hydrogen-bond donors (Lipinski definition) is 0. The average Bonchev–Trinajstić information content (AvgIpc) is 3.14. The Balaban J connectivity index is 1.94. The van der Waals surface area contributed by atoms with Crippen molar-refractivity contribution in [3.05, 3.63) is 87.2 Å². The highest BCUT2D eigenvalue weighted by Crippen LogP contribution is 2.43. The second kappa shape index (κ2) is 6.80. The number of aromatic nitrogens is 2. The van der Waals surface area contributed by atoms with E-state index in [1.807, 2.05) is 24.3 Å². The van der Waals surface area contributed by atoms with Crippen molar-refractivity contribution >= 4 is 40.5 Å². The molecule has 0 fully saturated rings. The predicted molar refractivity (Wildman–Crippen MR) is 110 cm³/mol. The smallest absolute Gasteiger partial charge is 0.223 e. The van der Waals surface area contributed by atoms with Crippen molar-refractivity contribution in [1.29, 1.82) is 0 Å². The summed E-state index contributed by atoms with van der Waals surface area (Å²) in [5.74, 6) is 0.199. The zero-order chi connectivity index (χ0) is 18.4. The third-order valence-corrected chi connectivity index (χ3v) is 6.38. The summed E-state index contributed by atoms with van der Waals surface area (Å²) in [4.78, 5) is 0. The average molecular weight is 402 g/mol. The summed E-state index contributed by atoms with van der Waals surface area (Å²) in [6, 6.07) is 16.2. The molecule has 3 aromatic rings. The summed E-state index contributed by atoms with van der Waals surface area (Å²) in [7, 11) is 4.28. The number of allylic oxidation sites excluding steroid dienone is 1. The molecule has 4 rings (SSSR count). The Hall–Kier alpha value is -1.68. The molecule has 2 nitrogen and oxygen atoms in total. The highest BCUT2D eigenvalue weighted by Gasteiger charge is 2.39. The molecule has 1 atom stereocenters. The quantitative estimate of drug-likeness (QED) is 0.418. The van der Waals surface area contributed by atoms with Crippen molar-refractivity contribution < 1.29 is 4.57 Å². The van der Waals surface area contributed by atoms with Gasteiger partial charge in [-0.2, -0.15) is 0 Å². The van der Waals surface area contributed by atoms with E-state index >= 15 is 0 Å². The lowest BCUT2D eigenvalue weighted by molar-refractivity contribution is -0.711. The third kappa shape index (κ3) is 2.79. The maximum Gasteiger partial charge on any atom is 0.318 e. The molecule has 0 amide bonds. The molecule has 0 saturated heterocycles. The zero-order valence-electron chi connectivity index (χ0n) is 14.8. The molecule has 0 N–H and O–H groups in total. The number of imidazole rings is 1. The van der Waals surface area contributed by atoms with Crippen LogP contribution in [0.4, 0.5) is 0 Å². The number of thioether (sulfide) groups is 1. The van der Waals surface area contributed by atoms with Gasteiger partial charge >= 0.3 is 5.16 Å². The van der Waals surface area contributed by atoms with Crippen LogP contribution in [0, 0.1) is 0 Å². The second-order valence-electron chi connectivity index (χ2n) is 6.46. The fourth-order valence-corrected chi connectivity index (χ4v) is 4.80. The molecule has 1 aliphatic rings. The fourth-order valence-electron chi connectivity index (χ4n) is 3.81. The maximum absolute atomic E-state index is 6.10. The van der Waals surface area contributed by atoms with Gasteiger partial charge in [0.05, 0.1) is 20.0 Å². The van der Waals surface area contributed by atoms with Gasteiger partial charge in [-0.1, -0.05) is 53.5 Å². The van der Waals surface area contributed by atoms with E-state index in [9.17, 15) is 0 Å². The van der Waals surface area contributed by atoms with Crippen LogP contribution in [0.5, 0.6) is 0 Å². The van der Waals surface area contributed by atoms with Gasteiger partial charge in [-0.15, -0.1) is 0 Å². The van der Waals surface area contributed by atoms with E-state index in [0.29, 0.717) is 0 Å². The molecule has 1 unspecified atom stereocenters. The molecule has 0 saturated carbocycles. The Morgan fingerprint density at radius 2 is 1.54 bits per heavy atom. The van der Waals surface area contributed by atoms with Gasteiger partial charge in [0.2, 0.25) is 0 Å². The lowest BCUT2D eigenvalue weighted by atomic mass is 9.98. The summed E-state index contributed by atoms with van der Waals surface area (Å²) in [6.07, 6.45) is 4.47. The van der Waals surface area contributed by atoms with Crippen LogP contribution in [0.3, 0.4) is 0 Å². The third-order valence-electron chi connectivity index (χ3n) is 4.96. The number of halogens is 2. The van der Waals surface area contributed by atoms with Gasteiger partial charge in [-0.25, -0.2) is 9.13 Å². The minimum absolute atomic E-state index is 0.199. The standard InChI is InChI=1S/C21H19Cl2N2S/c1-24-19-17(13-4-8-15(22)9-5-13)12-18(14-6-10-16(23)11-7-14)20(19)25(2)21(24)26-3/h4-12,17H,1-3H3/q+1. The molecule has 26 heavy (non-hydrogen) atoms. The topological polar surface area (TPSA) is 8.81 Å². The Kier molecular flexibility index (Phi) is 4.64. The minimum atomic E-state index is 0.199. The number of rotatable bonds is 3. The van der Waals surface area contributed by atoms with E-state index in [1.165, 1.54) is 33.2 Å². The summed E-state index contributed by atoms with van der Waals surface area (Å²) in [5.41, 5.74) is 6.24. The van der Waals surface area contributed by atoms with Crippen LogP contribution in [0.2, 0.25) is 10.0 Å². The summed E-state index contributed by atoms with van der Waals surface area (Å²) in [5, 5.41) is 2.74. The minimum Gasteiger partial charge on any atom is -0.223 e. The SMILES string of the molecule is CSc1n(C)c2c([n+]1C)C(c1ccc(Cl)cc1)=CC2c1ccc(Cl)cc1. The molecule has 0 bridgehead atoms. The number of benzene rings is 2. The van der Waals surface area contributed by atoms with Crippen LogP contribution in [-0.4, -0.2) is 10.8 Å². The van der Waals surface area contributed by atoms with Crippen molar-refractivity contribution in [3.8, 4) is 0 Å². The van der Waals surface area contributed by atoms with Crippen LogP contribution in [0.1, 0.15) is 28.4 Å². The largest absolute Gasteiger partial charge is 0.318 e. The van der Waals surface area contributed by atoms with Crippen molar-refractivity contribution in [2.45, 2.75) is 11.1 Å². The Morgan fingerprint density at radius 3 is 2.12 bits per heavy atom. The molecule has 0 spiro atoms. The summed E-state index contributed by atoms with van der Waals surface area (Å²) < 4.78 is 4.59. The molecule has 1 aliphatic carbocycles. The predicted octanol–water partition coefficient (Wildman–Crippen LogP) is 5.46. The molecule has 2 aromatic carbocycles. The highest BCUT2D eigenvalue weighted by molar-refractivity contribution is 7.98. The Morgan fingerprint density at radius 1 is 0.962 bits per heavy atom. The Labute approximate surface area is 168 Å². The molecule has 132 valence electrons. The van der Waals surface area contributed by atoms with Crippen molar-refractivity contribution in [3.63, 3.8) is 0 Å². The zero-order valence-corrected chi connectivity index (χ0v) is 17.2. The first-order chi connectivity index (χ1) is 12.5. The van der Waals surface area contributed by atoms with Gasteiger partial charge in [0.1, 0.15) is 0 Å². The van der Waals surface area contributed by atoms with E-state index in [4.69, 9.17) is 23.2 Å². The maximum atomic E-state index is 6.10. The van der Waals surface area contributed by atoms with Crippen molar-refractivity contribution in [2.75, 3.05) is 6.26 Å². The fraction of sp³-hybridized carbons (Fsp3) is 0.190. The van der Waals surface area contributed by atoms with Gasteiger partial charge in [-0.05, 0) is 53.4 Å². The molecule has 0 aliphatic heterocycles. The van der Waals surface area contributed by atoms with Gasteiger partial charge < -0.3 is 0 Å². The highest BCUT2D eigenvalue weighted by atomic mass is 35.5. The normalized spacial score (nSPS) is 15.9. The lowest BCUT2D eigenvalue weighted by Crippen LogP contribution is -2.33. The van der Waals surface area contributed by atoms with Crippen molar-refractivity contribution in [1.82, 2.24) is 4.57 Å². The molecule has 1 heterocycles. The first kappa shape index (κ1) is 17.7. The molecular formula is C21H19Cl2N2S+. The van der Waals surface area contributed by atoms with Crippen LogP contribution in [0.15, 0.2) is 59.8 Å². The van der Waals surface area contributed by atoms with Gasteiger partial charge in [0.25, 0.3) is 0 Å². The first-order valence-electron chi connectivity index (χ1n) is 8.37. The lowest BCUT2D eigenvalue weighted by Gasteiger charge is -2.08. The van der Waals surface area contributed by atoms with Gasteiger partial charge in [0, 0.05) is 15.6 Å². The van der Waals surface area contributed by atoms with Gasteiger partial charge in [0.15, 0.2) is 11.4 Å². The van der Waals surface area contributed by atoms with Crippen molar-refractivity contribution in [2.24, 2.45) is 14.1 Å². The number of hydrogen-bond acceptors (Lipinski definition) is 1. The molecule has 0 radical (unpaired) electrons. The monoisotopic (exact) mass is 401 g/mol. The van der Waals surface area contributed by atoms with Crippen LogP contribution >= 0.6 is 35.0 Å². The second-order valence-corrected chi connectivity index (χ2v) is 8.10. The number of nitrogens with zero attached hydrogens (tertiary/aromatic N) is 2. The first-order valence-corrected chi connectivity index (χ1v) is 10.4. The summed E-state index contributed by atoms with van der Waals surface area (Å²) >= 11 is 14.0. The van der Waals surface area contributed by atoms with E-state index in [0.717, 1.165) is 10.0 Å². The van der Waals surface area contributed by atoms with Crippen LogP contribution < -0.4 is 4.57 Å². The van der Waals surface area contributed by atoms with E-state index in [1.54, 1.807) is 11.8 Å². The summed E-state index contributed by atoms with van der Waals surface area (Å²) in [6.45, 7) is 0. The van der Waals surface area contributed by atoms with Gasteiger partial charge in [-0.3, -0.25) is 0 Å². The van der Waals surface area contributed by atoms with Crippen LogP contribution in [0.25, 0.3) is 5.57 Å². The van der Waals surface area contributed by atoms with E-state index < -0.39 is 0 Å². The van der Waals surface area contributed by atoms with E-state index in [2.05, 4.69) is 59.8 Å². The number of fused-ring (bicyclic) bond motifs is 1. The molecule has 5 heteroatoms.